The molecule has 3 heterocycles. The number of hydrogen-bond donors (Lipinski definition) is 4. The second-order valence-electron chi connectivity index (χ2n) is 13.0. The molecule has 2 saturated heterocycles. The van der Waals surface area contributed by atoms with Crippen LogP contribution >= 0.6 is 0 Å². The molecule has 4 atom stereocenters. The fourth-order valence-electron chi connectivity index (χ4n) is 6.17. The van der Waals surface area contributed by atoms with E-state index in [0.29, 0.717) is 31.2 Å². The van der Waals surface area contributed by atoms with E-state index in [1.165, 1.54) is 20.4 Å². The van der Waals surface area contributed by atoms with Gasteiger partial charge in [0.2, 0.25) is 11.8 Å². The number of carbonyl (C=O) groups is 4. The van der Waals surface area contributed by atoms with Crippen molar-refractivity contribution in [1.29, 1.82) is 0 Å². The molecule has 0 saturated carbocycles. The molecule has 0 aliphatic carbocycles. The van der Waals surface area contributed by atoms with Gasteiger partial charge in [0.25, 0.3) is 0 Å². The molecule has 0 spiro atoms. The zero-order chi connectivity index (χ0) is 36.4. The monoisotopic (exact) mass is 688 g/mol. The number of aliphatic imine (C=N–C) groups is 1. The molecule has 14 heteroatoms. The van der Waals surface area contributed by atoms with Crippen molar-refractivity contribution in [2.45, 2.75) is 77.5 Å². The molecule has 1 unspecified atom stereocenters. The maximum absolute atomic E-state index is 13.4. The number of amidine groups is 1. The van der Waals surface area contributed by atoms with Crippen LogP contribution in [-0.2, 0) is 19.1 Å². The fourth-order valence-corrected chi connectivity index (χ4v) is 6.17. The van der Waals surface area contributed by atoms with Crippen molar-refractivity contribution >= 4 is 29.8 Å². The zero-order valence-corrected chi connectivity index (χ0v) is 29.6. The third-order valence-corrected chi connectivity index (χ3v) is 8.90. The molecule has 0 bridgehead atoms. The van der Waals surface area contributed by atoms with Gasteiger partial charge < -0.3 is 40.6 Å². The number of imidazole rings is 1. The average molecular weight is 689 g/mol. The SMILES string of the molecule is COC(=O)NC(C(=O)N1CCC[C@H]1c1ncc(-c2ccc(C#C/C=C/N=C(N)[C@@H]3CCCN3C(=O)[C@@H](NC(=O)OC)C(C)C)cc2)[nH]1)C(C)C. The van der Waals surface area contributed by atoms with Gasteiger partial charge in [0, 0.05) is 30.9 Å². The van der Waals surface area contributed by atoms with E-state index in [2.05, 4.69) is 42.2 Å². The Balaban J connectivity index is 1.36. The third-order valence-electron chi connectivity index (χ3n) is 8.90. The molecule has 2 aromatic rings. The second-order valence-corrected chi connectivity index (χ2v) is 13.0. The van der Waals surface area contributed by atoms with Crippen LogP contribution in [0, 0.1) is 23.7 Å². The van der Waals surface area contributed by atoms with Crippen LogP contribution in [0.4, 0.5) is 9.59 Å². The van der Waals surface area contributed by atoms with E-state index < -0.39 is 24.3 Å². The topological polar surface area (TPSA) is 184 Å². The Morgan fingerprint density at radius 3 is 2.12 bits per heavy atom. The highest BCUT2D eigenvalue weighted by Crippen LogP contribution is 2.32. The first-order valence-corrected chi connectivity index (χ1v) is 16.9. The van der Waals surface area contributed by atoms with Gasteiger partial charge in [0.15, 0.2) is 0 Å². The van der Waals surface area contributed by atoms with Crippen molar-refractivity contribution < 1.29 is 28.7 Å². The number of amides is 4. The Morgan fingerprint density at radius 1 is 0.940 bits per heavy atom. The Bertz CT molecular complexity index is 1640. The number of methoxy groups -OCH3 is 2. The summed E-state index contributed by atoms with van der Waals surface area (Å²) in [5.74, 6) is 6.43. The van der Waals surface area contributed by atoms with Crippen LogP contribution in [-0.4, -0.2) is 95.0 Å². The highest BCUT2D eigenvalue weighted by Gasteiger charge is 2.38. The molecule has 268 valence electrons. The number of ether oxygens (including phenoxy) is 2. The van der Waals surface area contributed by atoms with Gasteiger partial charge >= 0.3 is 12.2 Å². The summed E-state index contributed by atoms with van der Waals surface area (Å²) in [6.45, 7) is 8.60. The summed E-state index contributed by atoms with van der Waals surface area (Å²) < 4.78 is 9.41. The number of allylic oxidation sites excluding steroid dienone is 1. The van der Waals surface area contributed by atoms with Crippen LogP contribution < -0.4 is 16.4 Å². The summed E-state index contributed by atoms with van der Waals surface area (Å²) in [5, 5.41) is 5.29. The number of carbonyl (C=O) groups excluding carboxylic acids is 4. The quantitative estimate of drug-likeness (QED) is 0.165. The molecule has 1 aromatic heterocycles. The summed E-state index contributed by atoms with van der Waals surface area (Å²) in [4.78, 5) is 66.1. The summed E-state index contributed by atoms with van der Waals surface area (Å²) in [6, 6.07) is 5.68. The van der Waals surface area contributed by atoms with Gasteiger partial charge in [-0.05, 0) is 55.2 Å². The fraction of sp³-hybridized carbons (Fsp3) is 0.500. The van der Waals surface area contributed by atoms with Gasteiger partial charge in [0.05, 0.1) is 38.2 Å². The summed E-state index contributed by atoms with van der Waals surface area (Å²) in [5.41, 5.74) is 8.82. The largest absolute Gasteiger partial charge is 0.453 e. The van der Waals surface area contributed by atoms with E-state index in [0.717, 1.165) is 36.1 Å². The number of H-pyrrole nitrogens is 1. The summed E-state index contributed by atoms with van der Waals surface area (Å²) in [6.07, 6.45) is 6.64. The van der Waals surface area contributed by atoms with Crippen molar-refractivity contribution in [3.63, 3.8) is 0 Å². The highest BCUT2D eigenvalue weighted by molar-refractivity contribution is 5.94. The van der Waals surface area contributed by atoms with Crippen molar-refractivity contribution in [3.8, 4) is 23.1 Å². The average Bonchev–Trinajstić information content (AvgIpc) is 3.90. The van der Waals surface area contributed by atoms with Crippen molar-refractivity contribution in [3.05, 3.63) is 54.1 Å². The predicted octanol–water partition coefficient (Wildman–Crippen LogP) is 3.71. The number of hydrogen-bond acceptors (Lipinski definition) is 8. The van der Waals surface area contributed by atoms with Crippen molar-refractivity contribution in [2.24, 2.45) is 22.6 Å². The number of alkyl carbamates (subject to hydrolysis) is 2. The first kappa shape index (κ1) is 37.5. The molecule has 14 nitrogen and oxygen atoms in total. The van der Waals surface area contributed by atoms with E-state index in [4.69, 9.17) is 10.5 Å². The zero-order valence-electron chi connectivity index (χ0n) is 29.6. The lowest BCUT2D eigenvalue weighted by atomic mass is 10.0. The highest BCUT2D eigenvalue weighted by atomic mass is 16.5. The molecule has 1 aromatic carbocycles. The molecule has 2 aliphatic rings. The number of likely N-dealkylation sites (tertiary alicyclic amines) is 2. The second kappa shape index (κ2) is 17.4. The van der Waals surface area contributed by atoms with Gasteiger partial charge in [-0.2, -0.15) is 0 Å². The normalized spacial score (nSPS) is 18.9. The van der Waals surface area contributed by atoms with Crippen LogP contribution in [0.3, 0.4) is 0 Å². The number of aromatic nitrogens is 2. The molecular weight excluding hydrogens is 640 g/mol. The number of aromatic amines is 1. The molecule has 2 fully saturated rings. The summed E-state index contributed by atoms with van der Waals surface area (Å²) >= 11 is 0. The van der Waals surface area contributed by atoms with Crippen LogP contribution in [0.1, 0.15) is 70.8 Å². The lowest BCUT2D eigenvalue weighted by Gasteiger charge is -2.30. The standard InChI is InChI=1S/C36H48N8O6/c1-22(2)29(41-35(47)49-5)33(45)43-19-9-12-27(43)31(37)38-18-8-7-11-24-14-16-25(17-15-24)26-21-39-32(40-26)28-13-10-20-44(28)34(46)30(23(3)4)42-36(48)50-6/h8,14-18,21-23,27-30H,9-10,12-13,19-20H2,1-6H3,(H2,37,38)(H,39,40)(H,41,47)(H,42,48)/b18-8+/t27-,28-,29-,30?/m0/s1. The van der Waals surface area contributed by atoms with E-state index in [9.17, 15) is 19.2 Å². The van der Waals surface area contributed by atoms with E-state index in [1.807, 2.05) is 52.0 Å². The molecule has 4 rings (SSSR count). The lowest BCUT2D eigenvalue weighted by Crippen LogP contribution is -2.54. The number of nitrogens with one attached hydrogen (secondary N) is 3. The van der Waals surface area contributed by atoms with Crippen LogP contribution in [0.25, 0.3) is 11.3 Å². The lowest BCUT2D eigenvalue weighted by molar-refractivity contribution is -0.135. The molecular formula is C36H48N8O6. The Hall–Kier alpha value is -5.32. The number of nitrogens with zero attached hydrogens (tertiary/aromatic N) is 4. The number of benzene rings is 1. The maximum Gasteiger partial charge on any atom is 0.407 e. The van der Waals surface area contributed by atoms with Crippen LogP contribution in [0.5, 0.6) is 0 Å². The Kier molecular flexibility index (Phi) is 13.0. The minimum absolute atomic E-state index is 0.111. The van der Waals surface area contributed by atoms with Crippen molar-refractivity contribution in [1.82, 2.24) is 30.4 Å². The molecule has 2 aliphatic heterocycles. The molecule has 5 N–H and O–H groups in total. The molecule has 4 amide bonds. The predicted molar refractivity (Wildman–Crippen MR) is 188 cm³/mol. The molecule has 0 radical (unpaired) electrons. The van der Waals surface area contributed by atoms with Gasteiger partial charge in [-0.25, -0.2) is 19.6 Å². The Morgan fingerprint density at radius 2 is 1.52 bits per heavy atom. The van der Waals surface area contributed by atoms with Crippen LogP contribution in [0.15, 0.2) is 47.7 Å². The minimum atomic E-state index is -0.729. The first-order valence-electron chi connectivity index (χ1n) is 16.9. The van der Waals surface area contributed by atoms with E-state index in [1.54, 1.807) is 22.1 Å². The van der Waals surface area contributed by atoms with Crippen molar-refractivity contribution in [2.75, 3.05) is 27.3 Å². The molecule has 50 heavy (non-hydrogen) atoms. The third kappa shape index (κ3) is 9.22. The van der Waals surface area contributed by atoms with Gasteiger partial charge in [-0.15, -0.1) is 0 Å². The van der Waals surface area contributed by atoms with Gasteiger partial charge in [-0.1, -0.05) is 51.7 Å². The van der Waals surface area contributed by atoms with Crippen LogP contribution in [0.2, 0.25) is 0 Å². The number of nitrogens with two attached hydrogens (primary N) is 1. The van der Waals surface area contributed by atoms with E-state index in [-0.39, 0.29) is 35.7 Å². The minimum Gasteiger partial charge on any atom is -0.453 e. The smallest absolute Gasteiger partial charge is 0.407 e. The number of rotatable bonds is 10. The van der Waals surface area contributed by atoms with Gasteiger partial charge in [-0.3, -0.25) is 9.59 Å². The summed E-state index contributed by atoms with van der Waals surface area (Å²) in [7, 11) is 2.54. The maximum atomic E-state index is 13.4. The first-order chi connectivity index (χ1) is 23.9. The van der Waals surface area contributed by atoms with Gasteiger partial charge in [0.1, 0.15) is 23.7 Å². The Labute approximate surface area is 293 Å². The van der Waals surface area contributed by atoms with E-state index >= 15 is 0 Å².